The highest BCUT2D eigenvalue weighted by Crippen LogP contribution is 2.39. The van der Waals surface area contributed by atoms with Crippen LogP contribution in [0.2, 0.25) is 0 Å². The zero-order valence-corrected chi connectivity index (χ0v) is 8.68. The van der Waals surface area contributed by atoms with E-state index in [1.54, 1.807) is 0 Å². The lowest BCUT2D eigenvalue weighted by Crippen LogP contribution is -2.41. The molecule has 2 saturated carbocycles. The molecule has 3 N–H and O–H groups in total. The Kier molecular flexibility index (Phi) is 2.61. The lowest BCUT2D eigenvalue weighted by molar-refractivity contribution is 0.151. The van der Waals surface area contributed by atoms with Gasteiger partial charge in [-0.15, -0.1) is 0 Å². The molecule has 2 nitrogen and oxygen atoms in total. The van der Waals surface area contributed by atoms with Gasteiger partial charge in [-0.3, -0.25) is 0 Å². The molecule has 2 atom stereocenters. The van der Waals surface area contributed by atoms with Crippen LogP contribution in [0.4, 0.5) is 0 Å². The summed E-state index contributed by atoms with van der Waals surface area (Å²) in [7, 11) is 0. The van der Waals surface area contributed by atoms with Crippen molar-refractivity contribution in [3.05, 3.63) is 0 Å². The van der Waals surface area contributed by atoms with E-state index in [0.717, 1.165) is 0 Å². The summed E-state index contributed by atoms with van der Waals surface area (Å²) in [6.45, 7) is 3.61. The second kappa shape index (κ2) is 3.58. The zero-order chi connectivity index (χ0) is 9.31. The van der Waals surface area contributed by atoms with E-state index in [2.05, 4.69) is 12.2 Å². The van der Waals surface area contributed by atoms with Crippen molar-refractivity contribution in [2.45, 2.75) is 57.5 Å². The highest BCUT2D eigenvalue weighted by molar-refractivity contribution is 4.89. The molecule has 76 valence electrons. The molecular formula is C11H22N2. The Balaban J connectivity index is 1.67. The van der Waals surface area contributed by atoms with Crippen LogP contribution in [0.3, 0.4) is 0 Å². The van der Waals surface area contributed by atoms with E-state index in [1.165, 1.54) is 45.1 Å². The predicted octanol–water partition coefficient (Wildman–Crippen LogP) is 1.65. The van der Waals surface area contributed by atoms with Gasteiger partial charge in [-0.05, 0) is 37.5 Å². The maximum atomic E-state index is 5.87. The zero-order valence-electron chi connectivity index (χ0n) is 8.68. The minimum Gasteiger partial charge on any atom is -0.328 e. The van der Waals surface area contributed by atoms with Crippen LogP contribution >= 0.6 is 0 Å². The fraction of sp³-hybridized carbons (Fsp3) is 1.00. The molecule has 0 heterocycles. The van der Waals surface area contributed by atoms with Gasteiger partial charge in [-0.2, -0.15) is 0 Å². The Labute approximate surface area is 81.3 Å². The van der Waals surface area contributed by atoms with E-state index >= 15 is 0 Å². The van der Waals surface area contributed by atoms with Crippen LogP contribution in [0, 0.1) is 5.41 Å². The van der Waals surface area contributed by atoms with Crippen LogP contribution in [-0.4, -0.2) is 18.6 Å². The molecule has 0 aromatic rings. The third kappa shape index (κ3) is 2.23. The highest BCUT2D eigenvalue weighted by atomic mass is 14.9. The standard InChI is InChI=1S/C11H22N2/c1-11(5-2-6-11)8-13-10-4-3-9(12)7-10/h9-10,13H,2-8,12H2,1H3. The second-order valence-electron chi connectivity index (χ2n) is 5.32. The average molecular weight is 182 g/mol. The van der Waals surface area contributed by atoms with Gasteiger partial charge in [0, 0.05) is 18.6 Å². The minimum absolute atomic E-state index is 0.465. The third-order valence-electron chi connectivity index (χ3n) is 3.85. The molecule has 0 aromatic heterocycles. The summed E-state index contributed by atoms with van der Waals surface area (Å²) in [6, 6.07) is 1.18. The lowest BCUT2D eigenvalue weighted by atomic mass is 9.70. The molecule has 0 aromatic carbocycles. The van der Waals surface area contributed by atoms with Crippen molar-refractivity contribution in [3.63, 3.8) is 0 Å². The summed E-state index contributed by atoms with van der Waals surface area (Å²) in [5.74, 6) is 0. The maximum Gasteiger partial charge on any atom is 0.00825 e. The SMILES string of the molecule is CC1(CNC2CCC(N)C2)CCC1. The van der Waals surface area contributed by atoms with Gasteiger partial charge in [-0.25, -0.2) is 0 Å². The first kappa shape index (κ1) is 9.47. The topological polar surface area (TPSA) is 38.0 Å². The molecule has 0 amide bonds. The van der Waals surface area contributed by atoms with E-state index in [-0.39, 0.29) is 0 Å². The van der Waals surface area contributed by atoms with Crippen molar-refractivity contribution in [1.82, 2.24) is 5.32 Å². The highest BCUT2D eigenvalue weighted by Gasteiger charge is 2.32. The molecule has 0 aliphatic heterocycles. The Morgan fingerprint density at radius 1 is 1.38 bits per heavy atom. The van der Waals surface area contributed by atoms with Gasteiger partial charge in [0.25, 0.3) is 0 Å². The Bertz CT molecular complexity index is 175. The molecular weight excluding hydrogens is 160 g/mol. The van der Waals surface area contributed by atoms with Crippen molar-refractivity contribution >= 4 is 0 Å². The molecule has 2 rings (SSSR count). The third-order valence-corrected chi connectivity index (χ3v) is 3.85. The lowest BCUT2D eigenvalue weighted by Gasteiger charge is -2.39. The van der Waals surface area contributed by atoms with Gasteiger partial charge in [-0.1, -0.05) is 13.3 Å². The normalized spacial score (nSPS) is 37.4. The van der Waals surface area contributed by atoms with Crippen molar-refractivity contribution in [2.75, 3.05) is 6.54 Å². The molecule has 2 fully saturated rings. The molecule has 13 heavy (non-hydrogen) atoms. The number of nitrogens with two attached hydrogens (primary N) is 1. The largest absolute Gasteiger partial charge is 0.328 e. The molecule has 0 spiro atoms. The quantitative estimate of drug-likeness (QED) is 0.696. The van der Waals surface area contributed by atoms with E-state index in [9.17, 15) is 0 Å². The summed E-state index contributed by atoms with van der Waals surface area (Å²) in [4.78, 5) is 0. The van der Waals surface area contributed by atoms with Gasteiger partial charge in [0.2, 0.25) is 0 Å². The smallest absolute Gasteiger partial charge is 0.00825 e. The molecule has 0 bridgehead atoms. The summed E-state index contributed by atoms with van der Waals surface area (Å²) < 4.78 is 0. The van der Waals surface area contributed by atoms with Crippen LogP contribution < -0.4 is 11.1 Å². The van der Waals surface area contributed by atoms with E-state index in [1.807, 2.05) is 0 Å². The van der Waals surface area contributed by atoms with E-state index in [0.29, 0.717) is 17.5 Å². The first-order valence-corrected chi connectivity index (χ1v) is 5.67. The molecule has 0 saturated heterocycles. The first-order valence-electron chi connectivity index (χ1n) is 5.67. The first-order chi connectivity index (χ1) is 6.18. The molecule has 2 aliphatic rings. The minimum atomic E-state index is 0.465. The number of hydrogen-bond donors (Lipinski definition) is 2. The molecule has 2 unspecified atom stereocenters. The van der Waals surface area contributed by atoms with Crippen LogP contribution in [-0.2, 0) is 0 Å². The van der Waals surface area contributed by atoms with Gasteiger partial charge < -0.3 is 11.1 Å². The second-order valence-corrected chi connectivity index (χ2v) is 5.32. The van der Waals surface area contributed by atoms with Crippen LogP contribution in [0.5, 0.6) is 0 Å². The fourth-order valence-electron chi connectivity index (χ4n) is 2.55. The Hall–Kier alpha value is -0.0800. The fourth-order valence-corrected chi connectivity index (χ4v) is 2.55. The van der Waals surface area contributed by atoms with Gasteiger partial charge in [0.15, 0.2) is 0 Å². The maximum absolute atomic E-state index is 5.87. The van der Waals surface area contributed by atoms with Crippen LogP contribution in [0.1, 0.15) is 45.4 Å². The monoisotopic (exact) mass is 182 g/mol. The summed E-state index contributed by atoms with van der Waals surface area (Å²) in [5, 5.41) is 3.67. The van der Waals surface area contributed by atoms with E-state index in [4.69, 9.17) is 5.73 Å². The molecule has 2 heteroatoms. The number of nitrogens with one attached hydrogen (secondary N) is 1. The van der Waals surface area contributed by atoms with Crippen LogP contribution in [0.15, 0.2) is 0 Å². The Morgan fingerprint density at radius 2 is 2.15 bits per heavy atom. The summed E-state index contributed by atoms with van der Waals surface area (Å²) in [5.41, 5.74) is 6.49. The van der Waals surface area contributed by atoms with Crippen LogP contribution in [0.25, 0.3) is 0 Å². The number of hydrogen-bond acceptors (Lipinski definition) is 2. The molecule has 2 aliphatic carbocycles. The summed E-state index contributed by atoms with van der Waals surface area (Å²) >= 11 is 0. The van der Waals surface area contributed by atoms with Crippen molar-refractivity contribution in [3.8, 4) is 0 Å². The molecule has 0 radical (unpaired) electrons. The van der Waals surface area contributed by atoms with Gasteiger partial charge in [0.05, 0.1) is 0 Å². The van der Waals surface area contributed by atoms with Gasteiger partial charge in [0.1, 0.15) is 0 Å². The Morgan fingerprint density at radius 3 is 2.62 bits per heavy atom. The summed E-state index contributed by atoms with van der Waals surface area (Å²) in [6.07, 6.45) is 7.96. The van der Waals surface area contributed by atoms with Crippen molar-refractivity contribution in [1.29, 1.82) is 0 Å². The van der Waals surface area contributed by atoms with Crippen molar-refractivity contribution in [2.24, 2.45) is 11.1 Å². The van der Waals surface area contributed by atoms with E-state index < -0.39 is 0 Å². The number of rotatable bonds is 3. The predicted molar refractivity (Wildman–Crippen MR) is 55.6 cm³/mol. The average Bonchev–Trinajstić information content (AvgIpc) is 2.44. The van der Waals surface area contributed by atoms with Gasteiger partial charge >= 0.3 is 0 Å². The van der Waals surface area contributed by atoms with Crippen molar-refractivity contribution < 1.29 is 0 Å².